The Bertz CT molecular complexity index is 1190. The van der Waals surface area contributed by atoms with E-state index in [0.29, 0.717) is 12.5 Å². The van der Waals surface area contributed by atoms with Gasteiger partial charge in [0.15, 0.2) is 5.03 Å². The zero-order chi connectivity index (χ0) is 24.1. The Morgan fingerprint density at radius 2 is 1.94 bits per heavy atom. The minimum atomic E-state index is -3.68. The molecule has 0 spiro atoms. The maximum absolute atomic E-state index is 12.6. The normalized spacial score (nSPS) is 18.0. The standard InChI is InChI=1S/C26H34N4O3S/c1-19(2)11-12-27-24-17-33-25-10-9-21(15-29-34(31,32)26-16-30(3)18-28-26)14-23(25)22(24)13-20-7-5-4-6-8-20/h4-10,14,16,18-19,22,24,27,29H,11-13,15,17H2,1-3H3/t22-,24+/m0/s1. The van der Waals surface area contributed by atoms with Gasteiger partial charge in [0.05, 0.1) is 6.33 Å². The van der Waals surface area contributed by atoms with Crippen LogP contribution in [0.2, 0.25) is 0 Å². The van der Waals surface area contributed by atoms with Gasteiger partial charge in [0.1, 0.15) is 12.4 Å². The number of nitrogens with zero attached hydrogens (tertiary/aromatic N) is 2. The number of nitrogens with one attached hydrogen (secondary N) is 2. The molecule has 0 saturated carbocycles. The van der Waals surface area contributed by atoms with Crippen molar-refractivity contribution in [1.82, 2.24) is 19.6 Å². The van der Waals surface area contributed by atoms with E-state index in [4.69, 9.17) is 4.74 Å². The second kappa shape index (κ2) is 10.7. The van der Waals surface area contributed by atoms with Crippen LogP contribution in [0.3, 0.4) is 0 Å². The molecule has 0 unspecified atom stereocenters. The summed E-state index contributed by atoms with van der Waals surface area (Å²) < 4.78 is 35.6. The van der Waals surface area contributed by atoms with Crippen LogP contribution in [0.4, 0.5) is 0 Å². The summed E-state index contributed by atoms with van der Waals surface area (Å²) in [6.45, 7) is 6.21. The van der Waals surface area contributed by atoms with E-state index in [0.717, 1.165) is 36.3 Å². The topological polar surface area (TPSA) is 85.3 Å². The average molecular weight is 483 g/mol. The van der Waals surface area contributed by atoms with Crippen LogP contribution in [0.25, 0.3) is 0 Å². The van der Waals surface area contributed by atoms with Crippen LogP contribution >= 0.6 is 0 Å². The monoisotopic (exact) mass is 482 g/mol. The van der Waals surface area contributed by atoms with Gasteiger partial charge in [-0.05, 0) is 48.1 Å². The fourth-order valence-corrected chi connectivity index (χ4v) is 5.30. The number of aryl methyl sites for hydroxylation is 1. The third-order valence-electron chi connectivity index (χ3n) is 6.23. The highest BCUT2D eigenvalue weighted by molar-refractivity contribution is 7.89. The first-order valence-electron chi connectivity index (χ1n) is 11.8. The van der Waals surface area contributed by atoms with Crippen LogP contribution in [-0.4, -0.2) is 37.2 Å². The zero-order valence-electron chi connectivity index (χ0n) is 20.1. The molecular weight excluding hydrogens is 448 g/mol. The van der Waals surface area contributed by atoms with E-state index in [1.54, 1.807) is 11.6 Å². The highest BCUT2D eigenvalue weighted by atomic mass is 32.2. The molecule has 1 aliphatic heterocycles. The van der Waals surface area contributed by atoms with Gasteiger partial charge in [0.25, 0.3) is 10.0 Å². The number of rotatable bonds is 10. The van der Waals surface area contributed by atoms with Gasteiger partial charge < -0.3 is 14.6 Å². The number of fused-ring (bicyclic) bond motifs is 1. The summed E-state index contributed by atoms with van der Waals surface area (Å²) in [5, 5.41) is 3.74. The molecule has 1 aromatic heterocycles. The largest absolute Gasteiger partial charge is 0.492 e. The van der Waals surface area contributed by atoms with E-state index in [9.17, 15) is 8.42 Å². The number of ether oxygens (including phenoxy) is 1. The summed E-state index contributed by atoms with van der Waals surface area (Å²) in [5.74, 6) is 1.74. The highest BCUT2D eigenvalue weighted by Crippen LogP contribution is 2.37. The molecule has 0 bridgehead atoms. The molecule has 34 heavy (non-hydrogen) atoms. The molecule has 2 aromatic carbocycles. The van der Waals surface area contributed by atoms with E-state index in [-0.39, 0.29) is 23.5 Å². The van der Waals surface area contributed by atoms with Crippen molar-refractivity contribution in [2.45, 2.75) is 50.2 Å². The molecule has 0 aliphatic carbocycles. The Morgan fingerprint density at radius 1 is 1.15 bits per heavy atom. The predicted octanol–water partition coefficient (Wildman–Crippen LogP) is 3.62. The van der Waals surface area contributed by atoms with Crippen LogP contribution in [0.1, 0.15) is 42.9 Å². The Balaban J connectivity index is 1.55. The second-order valence-corrected chi connectivity index (χ2v) is 11.1. The smallest absolute Gasteiger partial charge is 0.259 e. The second-order valence-electron chi connectivity index (χ2n) is 9.42. The van der Waals surface area contributed by atoms with Crippen molar-refractivity contribution in [1.29, 1.82) is 0 Å². The van der Waals surface area contributed by atoms with Crippen molar-refractivity contribution in [3.63, 3.8) is 0 Å². The van der Waals surface area contributed by atoms with Gasteiger partial charge in [-0.2, -0.15) is 0 Å². The number of aromatic nitrogens is 2. The Hall–Kier alpha value is -2.68. The van der Waals surface area contributed by atoms with Gasteiger partial charge in [-0.25, -0.2) is 18.1 Å². The van der Waals surface area contributed by atoms with E-state index in [2.05, 4.69) is 59.2 Å². The molecule has 4 rings (SSSR count). The van der Waals surface area contributed by atoms with Crippen molar-refractivity contribution in [2.75, 3.05) is 13.2 Å². The number of benzene rings is 2. The first-order chi connectivity index (χ1) is 16.3. The molecule has 1 aliphatic rings. The van der Waals surface area contributed by atoms with E-state index >= 15 is 0 Å². The maximum Gasteiger partial charge on any atom is 0.259 e. The molecule has 2 heterocycles. The van der Waals surface area contributed by atoms with Crippen molar-refractivity contribution in [2.24, 2.45) is 13.0 Å². The van der Waals surface area contributed by atoms with Gasteiger partial charge in [0.2, 0.25) is 0 Å². The fraction of sp³-hybridized carbons (Fsp3) is 0.423. The molecule has 0 amide bonds. The molecule has 7 nitrogen and oxygen atoms in total. The van der Waals surface area contributed by atoms with Crippen molar-refractivity contribution in [3.8, 4) is 5.75 Å². The van der Waals surface area contributed by atoms with E-state index in [1.807, 2.05) is 18.2 Å². The number of hydrogen-bond acceptors (Lipinski definition) is 5. The van der Waals surface area contributed by atoms with Crippen LogP contribution in [0.15, 0.2) is 66.1 Å². The predicted molar refractivity (Wildman–Crippen MR) is 133 cm³/mol. The van der Waals surface area contributed by atoms with Crippen molar-refractivity contribution < 1.29 is 13.2 Å². The SMILES string of the molecule is CC(C)CCN[C@@H]1COc2ccc(CNS(=O)(=O)c3cn(C)cn3)cc2[C@@H]1Cc1ccccc1. The van der Waals surface area contributed by atoms with Gasteiger partial charge >= 0.3 is 0 Å². The lowest BCUT2D eigenvalue weighted by molar-refractivity contribution is 0.210. The summed E-state index contributed by atoms with van der Waals surface area (Å²) in [6.07, 6.45) is 4.97. The molecule has 3 aromatic rings. The molecule has 0 radical (unpaired) electrons. The van der Waals surface area contributed by atoms with Crippen LogP contribution in [0.5, 0.6) is 5.75 Å². The van der Waals surface area contributed by atoms with Gasteiger partial charge in [-0.3, -0.25) is 0 Å². The summed E-state index contributed by atoms with van der Waals surface area (Å²) in [4.78, 5) is 3.96. The quantitative estimate of drug-likeness (QED) is 0.461. The lowest BCUT2D eigenvalue weighted by Crippen LogP contribution is -2.44. The Morgan fingerprint density at radius 3 is 2.65 bits per heavy atom. The Labute approximate surface area is 202 Å². The zero-order valence-corrected chi connectivity index (χ0v) is 20.9. The minimum Gasteiger partial charge on any atom is -0.492 e. The molecule has 2 N–H and O–H groups in total. The Kier molecular flexibility index (Phi) is 7.70. The lowest BCUT2D eigenvalue weighted by Gasteiger charge is -2.35. The van der Waals surface area contributed by atoms with Crippen molar-refractivity contribution in [3.05, 3.63) is 77.7 Å². The summed E-state index contributed by atoms with van der Waals surface area (Å²) in [6, 6.07) is 16.6. The third-order valence-corrected chi connectivity index (χ3v) is 7.51. The van der Waals surface area contributed by atoms with E-state index in [1.165, 1.54) is 18.1 Å². The first-order valence-corrected chi connectivity index (χ1v) is 13.3. The summed E-state index contributed by atoms with van der Waals surface area (Å²) in [7, 11) is -1.93. The fourth-order valence-electron chi connectivity index (χ4n) is 4.30. The van der Waals surface area contributed by atoms with Crippen LogP contribution in [-0.2, 0) is 30.0 Å². The van der Waals surface area contributed by atoms with Crippen LogP contribution in [0, 0.1) is 5.92 Å². The maximum atomic E-state index is 12.6. The van der Waals surface area contributed by atoms with Gasteiger partial charge in [0, 0.05) is 31.7 Å². The molecule has 0 saturated heterocycles. The van der Waals surface area contributed by atoms with Gasteiger partial charge in [-0.15, -0.1) is 0 Å². The molecule has 8 heteroatoms. The van der Waals surface area contributed by atoms with Crippen molar-refractivity contribution >= 4 is 10.0 Å². The molecule has 2 atom stereocenters. The number of hydrogen-bond donors (Lipinski definition) is 2. The number of sulfonamides is 1. The summed E-state index contributed by atoms with van der Waals surface area (Å²) in [5.41, 5.74) is 3.28. The molecule has 0 fully saturated rings. The highest BCUT2D eigenvalue weighted by Gasteiger charge is 2.31. The average Bonchev–Trinajstić information content (AvgIpc) is 3.27. The summed E-state index contributed by atoms with van der Waals surface area (Å²) >= 11 is 0. The minimum absolute atomic E-state index is 0.0210. The molecular formula is C26H34N4O3S. The molecule has 182 valence electrons. The van der Waals surface area contributed by atoms with E-state index < -0.39 is 10.0 Å². The van der Waals surface area contributed by atoms with Gasteiger partial charge in [-0.1, -0.05) is 56.3 Å². The first kappa shape index (κ1) is 24.4. The third kappa shape index (κ3) is 6.05. The number of imidazole rings is 1. The van der Waals surface area contributed by atoms with Crippen LogP contribution < -0.4 is 14.8 Å². The lowest BCUT2D eigenvalue weighted by atomic mass is 9.83.